The molecule has 6 heteroatoms. The SMILES string of the molecule is c1ccc2c(c1)ccc1c2nnc2nnnn21. The first-order chi connectivity index (χ1) is 8.43. The predicted octanol–water partition coefficient (Wildman–Crippen LogP) is 1.22. The minimum absolute atomic E-state index is 0.410. The monoisotopic (exact) mass is 222 g/mol. The summed E-state index contributed by atoms with van der Waals surface area (Å²) in [6.45, 7) is 0. The molecule has 0 atom stereocenters. The van der Waals surface area contributed by atoms with Crippen LogP contribution >= 0.6 is 0 Å². The van der Waals surface area contributed by atoms with Crippen molar-refractivity contribution in [3.8, 4) is 0 Å². The number of fused-ring (bicyclic) bond motifs is 5. The minimum atomic E-state index is 0.410. The van der Waals surface area contributed by atoms with Crippen molar-refractivity contribution < 1.29 is 0 Å². The molecule has 0 saturated carbocycles. The second kappa shape index (κ2) is 2.94. The molecule has 0 aliphatic heterocycles. The summed E-state index contributed by atoms with van der Waals surface area (Å²) in [7, 11) is 0. The van der Waals surface area contributed by atoms with Gasteiger partial charge in [-0.2, -0.15) is 4.52 Å². The van der Waals surface area contributed by atoms with Gasteiger partial charge >= 0.3 is 0 Å². The molecule has 0 unspecified atom stereocenters. The fraction of sp³-hybridized carbons (Fsp3) is 0. The van der Waals surface area contributed by atoms with Crippen molar-refractivity contribution in [2.45, 2.75) is 0 Å². The van der Waals surface area contributed by atoms with Gasteiger partial charge in [-0.1, -0.05) is 35.4 Å². The van der Waals surface area contributed by atoms with Crippen molar-refractivity contribution in [2.24, 2.45) is 0 Å². The molecule has 4 rings (SSSR count). The number of hydrogen-bond donors (Lipinski definition) is 0. The van der Waals surface area contributed by atoms with Crippen LogP contribution in [0.1, 0.15) is 0 Å². The van der Waals surface area contributed by atoms with E-state index in [1.807, 2.05) is 36.4 Å². The summed E-state index contributed by atoms with van der Waals surface area (Å²) in [6, 6.07) is 12.0. The van der Waals surface area contributed by atoms with Gasteiger partial charge in [-0.3, -0.25) is 0 Å². The Balaban J connectivity index is 2.34. The second-order valence-corrected chi connectivity index (χ2v) is 3.75. The van der Waals surface area contributed by atoms with Gasteiger partial charge in [-0.05, 0) is 21.9 Å². The third-order valence-electron chi connectivity index (χ3n) is 2.80. The van der Waals surface area contributed by atoms with E-state index >= 15 is 0 Å². The van der Waals surface area contributed by atoms with E-state index in [1.165, 1.54) is 0 Å². The maximum Gasteiger partial charge on any atom is 0.292 e. The second-order valence-electron chi connectivity index (χ2n) is 3.75. The van der Waals surface area contributed by atoms with Crippen LogP contribution in [0.2, 0.25) is 0 Å². The van der Waals surface area contributed by atoms with E-state index in [1.54, 1.807) is 4.52 Å². The van der Waals surface area contributed by atoms with E-state index in [0.717, 1.165) is 21.8 Å². The Morgan fingerprint density at radius 3 is 2.82 bits per heavy atom. The standard InChI is InChI=1S/C11H6N6/c1-2-4-8-7(3-1)5-6-9-10(8)12-13-11-14-15-16-17(9)11/h1-6H. The van der Waals surface area contributed by atoms with Gasteiger partial charge in [0.05, 0.1) is 5.52 Å². The van der Waals surface area contributed by atoms with Crippen molar-refractivity contribution in [2.75, 3.05) is 0 Å². The average Bonchev–Trinajstić information content (AvgIpc) is 2.86. The van der Waals surface area contributed by atoms with Crippen LogP contribution < -0.4 is 0 Å². The van der Waals surface area contributed by atoms with Crippen molar-refractivity contribution in [3.63, 3.8) is 0 Å². The van der Waals surface area contributed by atoms with Crippen molar-refractivity contribution in [3.05, 3.63) is 36.4 Å². The summed E-state index contributed by atoms with van der Waals surface area (Å²) < 4.78 is 1.59. The Morgan fingerprint density at radius 1 is 0.882 bits per heavy atom. The highest BCUT2D eigenvalue weighted by atomic mass is 15.5. The van der Waals surface area contributed by atoms with Gasteiger partial charge in [-0.25, -0.2) is 0 Å². The molecule has 0 aliphatic carbocycles. The van der Waals surface area contributed by atoms with Crippen LogP contribution in [0.4, 0.5) is 0 Å². The van der Waals surface area contributed by atoms with E-state index in [-0.39, 0.29) is 0 Å². The van der Waals surface area contributed by atoms with Gasteiger partial charge in [0.1, 0.15) is 5.52 Å². The fourth-order valence-corrected chi connectivity index (χ4v) is 2.01. The minimum Gasteiger partial charge on any atom is -0.173 e. The van der Waals surface area contributed by atoms with E-state index in [2.05, 4.69) is 25.7 Å². The molecule has 0 spiro atoms. The van der Waals surface area contributed by atoms with Gasteiger partial charge in [0.15, 0.2) is 0 Å². The number of aromatic nitrogens is 6. The summed E-state index contributed by atoms with van der Waals surface area (Å²) >= 11 is 0. The number of rotatable bonds is 0. The highest BCUT2D eigenvalue weighted by Gasteiger charge is 2.07. The molecule has 0 radical (unpaired) electrons. The third-order valence-corrected chi connectivity index (χ3v) is 2.80. The third kappa shape index (κ3) is 1.06. The molecular weight excluding hydrogens is 216 g/mol. The Bertz CT molecular complexity index is 850. The van der Waals surface area contributed by atoms with E-state index in [4.69, 9.17) is 0 Å². The lowest BCUT2D eigenvalue weighted by Crippen LogP contribution is -1.97. The number of nitrogens with zero attached hydrogens (tertiary/aromatic N) is 6. The number of benzene rings is 2. The first-order valence-corrected chi connectivity index (χ1v) is 5.16. The summed E-state index contributed by atoms with van der Waals surface area (Å²) in [5, 5.41) is 21.6. The lowest BCUT2D eigenvalue weighted by atomic mass is 10.1. The van der Waals surface area contributed by atoms with E-state index < -0.39 is 0 Å². The Kier molecular flexibility index (Phi) is 1.47. The van der Waals surface area contributed by atoms with Crippen LogP contribution in [0.25, 0.3) is 27.6 Å². The van der Waals surface area contributed by atoms with Crippen molar-refractivity contribution >= 4 is 27.6 Å². The average molecular weight is 222 g/mol. The maximum atomic E-state index is 4.20. The van der Waals surface area contributed by atoms with Crippen LogP contribution in [0.5, 0.6) is 0 Å². The first kappa shape index (κ1) is 8.51. The van der Waals surface area contributed by atoms with Crippen LogP contribution in [0.3, 0.4) is 0 Å². The zero-order chi connectivity index (χ0) is 11.2. The van der Waals surface area contributed by atoms with Gasteiger partial charge in [0, 0.05) is 5.39 Å². The predicted molar refractivity (Wildman–Crippen MR) is 61.4 cm³/mol. The summed E-state index contributed by atoms with van der Waals surface area (Å²) in [5.74, 6) is 0.410. The van der Waals surface area contributed by atoms with Crippen LogP contribution in [0, 0.1) is 0 Å². The highest BCUT2D eigenvalue weighted by molar-refractivity contribution is 6.03. The fourth-order valence-electron chi connectivity index (χ4n) is 2.01. The summed E-state index contributed by atoms with van der Waals surface area (Å²) in [4.78, 5) is 0. The molecule has 17 heavy (non-hydrogen) atoms. The Labute approximate surface area is 94.9 Å². The van der Waals surface area contributed by atoms with Crippen LogP contribution in [-0.2, 0) is 0 Å². The van der Waals surface area contributed by atoms with E-state index in [0.29, 0.717) is 5.78 Å². The van der Waals surface area contributed by atoms with E-state index in [9.17, 15) is 0 Å². The van der Waals surface area contributed by atoms with Crippen LogP contribution in [-0.4, -0.2) is 30.2 Å². The molecule has 0 N–H and O–H groups in total. The van der Waals surface area contributed by atoms with Gasteiger partial charge < -0.3 is 0 Å². The normalized spacial score (nSPS) is 11.5. The first-order valence-electron chi connectivity index (χ1n) is 5.16. The lowest BCUT2D eigenvalue weighted by molar-refractivity contribution is 0.837. The molecule has 4 aromatic rings. The topological polar surface area (TPSA) is 68.9 Å². The van der Waals surface area contributed by atoms with Crippen molar-refractivity contribution in [1.82, 2.24) is 30.2 Å². The zero-order valence-electron chi connectivity index (χ0n) is 8.65. The van der Waals surface area contributed by atoms with Crippen molar-refractivity contribution in [1.29, 1.82) is 0 Å². The molecule has 2 aromatic heterocycles. The molecule has 80 valence electrons. The summed E-state index contributed by atoms with van der Waals surface area (Å²) in [5.41, 5.74) is 1.67. The molecule has 0 fully saturated rings. The Morgan fingerprint density at radius 2 is 1.82 bits per heavy atom. The smallest absolute Gasteiger partial charge is 0.173 e. The molecule has 2 heterocycles. The molecule has 6 nitrogen and oxygen atoms in total. The number of hydrogen-bond acceptors (Lipinski definition) is 5. The molecule has 0 amide bonds. The van der Waals surface area contributed by atoms with Gasteiger partial charge in [-0.15, -0.1) is 10.2 Å². The maximum absolute atomic E-state index is 4.20. The molecule has 0 aliphatic rings. The molecule has 2 aromatic carbocycles. The summed E-state index contributed by atoms with van der Waals surface area (Å²) in [6.07, 6.45) is 0. The highest BCUT2D eigenvalue weighted by Crippen LogP contribution is 2.22. The molecular formula is C11H6N6. The van der Waals surface area contributed by atoms with Gasteiger partial charge in [0.2, 0.25) is 0 Å². The molecule has 0 saturated heterocycles. The molecule has 0 bridgehead atoms. The lowest BCUT2D eigenvalue weighted by Gasteiger charge is -2.02. The largest absolute Gasteiger partial charge is 0.292 e. The zero-order valence-corrected chi connectivity index (χ0v) is 8.65. The Hall–Kier alpha value is -2.63. The number of tetrazole rings is 1. The van der Waals surface area contributed by atoms with Gasteiger partial charge in [0.25, 0.3) is 5.78 Å². The quantitative estimate of drug-likeness (QED) is 0.418. The van der Waals surface area contributed by atoms with Crippen LogP contribution in [0.15, 0.2) is 36.4 Å².